The third-order valence-electron chi connectivity index (χ3n) is 4.18. The Hall–Kier alpha value is -3.88. The van der Waals surface area contributed by atoms with E-state index in [2.05, 4.69) is 21.2 Å². The van der Waals surface area contributed by atoms with Crippen molar-refractivity contribution in [3.05, 3.63) is 54.1 Å². The van der Waals surface area contributed by atoms with Crippen molar-refractivity contribution in [2.45, 2.75) is 26.3 Å². The molecule has 164 valence electrons. The van der Waals surface area contributed by atoms with E-state index in [0.717, 1.165) is 0 Å². The summed E-state index contributed by atoms with van der Waals surface area (Å²) in [5.41, 5.74) is 3.44. The van der Waals surface area contributed by atoms with Crippen molar-refractivity contribution in [3.8, 4) is 11.5 Å². The number of hydrogen-bond acceptors (Lipinski definition) is 6. The van der Waals surface area contributed by atoms with Crippen LogP contribution in [0.4, 0.5) is 5.69 Å². The fourth-order valence-corrected chi connectivity index (χ4v) is 2.35. The molecule has 2 aromatic rings. The molecule has 0 aliphatic heterocycles. The highest BCUT2D eigenvalue weighted by molar-refractivity contribution is 6.35. The Morgan fingerprint density at radius 3 is 2.48 bits per heavy atom. The molecule has 31 heavy (non-hydrogen) atoms. The van der Waals surface area contributed by atoms with Gasteiger partial charge in [0.15, 0.2) is 18.1 Å². The van der Waals surface area contributed by atoms with E-state index in [-0.39, 0.29) is 18.6 Å². The quantitative estimate of drug-likeness (QED) is 0.322. The first kappa shape index (κ1) is 23.4. The number of para-hydroxylation sites is 1. The van der Waals surface area contributed by atoms with Crippen LogP contribution in [-0.4, -0.2) is 43.7 Å². The second-order valence-corrected chi connectivity index (χ2v) is 6.60. The van der Waals surface area contributed by atoms with Gasteiger partial charge in [0.1, 0.15) is 0 Å². The molecule has 0 radical (unpaired) electrons. The summed E-state index contributed by atoms with van der Waals surface area (Å²) in [6, 6.07) is 13.9. The Morgan fingerprint density at radius 1 is 1.06 bits per heavy atom. The van der Waals surface area contributed by atoms with E-state index in [9.17, 15) is 14.4 Å². The van der Waals surface area contributed by atoms with Gasteiger partial charge in [0.25, 0.3) is 5.91 Å². The molecule has 0 heterocycles. The lowest BCUT2D eigenvalue weighted by atomic mass is 10.2. The fourth-order valence-electron chi connectivity index (χ4n) is 2.35. The minimum atomic E-state index is -0.854. The largest absolute Gasteiger partial charge is 0.493 e. The van der Waals surface area contributed by atoms with Crippen molar-refractivity contribution in [1.82, 2.24) is 10.7 Å². The zero-order valence-corrected chi connectivity index (χ0v) is 17.7. The maximum Gasteiger partial charge on any atom is 0.329 e. The highest BCUT2D eigenvalue weighted by Gasteiger charge is 2.14. The molecule has 0 aliphatic rings. The Kier molecular flexibility index (Phi) is 9.03. The number of nitrogens with zero attached hydrogens (tertiary/aromatic N) is 1. The number of benzene rings is 2. The second kappa shape index (κ2) is 12.0. The van der Waals surface area contributed by atoms with Gasteiger partial charge < -0.3 is 20.1 Å². The van der Waals surface area contributed by atoms with Gasteiger partial charge in [0.05, 0.1) is 13.3 Å². The zero-order chi connectivity index (χ0) is 22.6. The molecule has 0 fully saturated rings. The summed E-state index contributed by atoms with van der Waals surface area (Å²) in [6.45, 7) is 3.51. The summed E-state index contributed by atoms with van der Waals surface area (Å²) >= 11 is 0. The van der Waals surface area contributed by atoms with Crippen LogP contribution in [0, 0.1) is 0 Å². The molecule has 0 aliphatic carbocycles. The van der Waals surface area contributed by atoms with Gasteiger partial charge in [-0.2, -0.15) is 5.10 Å². The van der Waals surface area contributed by atoms with Crippen molar-refractivity contribution >= 4 is 29.6 Å². The van der Waals surface area contributed by atoms with Gasteiger partial charge in [-0.15, -0.1) is 0 Å². The first-order valence-electron chi connectivity index (χ1n) is 9.72. The molecule has 0 saturated carbocycles. The molecule has 0 spiro atoms. The maximum absolute atomic E-state index is 12.0. The van der Waals surface area contributed by atoms with E-state index in [1.807, 2.05) is 25.1 Å². The van der Waals surface area contributed by atoms with E-state index in [0.29, 0.717) is 29.2 Å². The van der Waals surface area contributed by atoms with Crippen LogP contribution in [0.5, 0.6) is 11.5 Å². The molecule has 0 saturated heterocycles. The van der Waals surface area contributed by atoms with Crippen LogP contribution < -0.4 is 25.5 Å². The number of hydrogen-bond donors (Lipinski definition) is 3. The normalized spacial score (nSPS) is 11.5. The predicted molar refractivity (Wildman–Crippen MR) is 117 cm³/mol. The van der Waals surface area contributed by atoms with Crippen LogP contribution >= 0.6 is 0 Å². The van der Waals surface area contributed by atoms with Crippen LogP contribution in [0.25, 0.3) is 0 Å². The van der Waals surface area contributed by atoms with E-state index < -0.39 is 11.8 Å². The Balaban J connectivity index is 1.90. The summed E-state index contributed by atoms with van der Waals surface area (Å²) in [6.07, 6.45) is 2.08. The maximum atomic E-state index is 12.0. The second-order valence-electron chi connectivity index (χ2n) is 6.60. The van der Waals surface area contributed by atoms with E-state index in [1.54, 1.807) is 37.3 Å². The Morgan fingerprint density at radius 2 is 1.81 bits per heavy atom. The molecule has 3 N–H and O–H groups in total. The third-order valence-corrected chi connectivity index (χ3v) is 4.18. The topological polar surface area (TPSA) is 118 Å². The highest BCUT2D eigenvalue weighted by atomic mass is 16.5. The fraction of sp³-hybridized carbons (Fsp3) is 0.273. The predicted octanol–water partition coefficient (Wildman–Crippen LogP) is 2.08. The van der Waals surface area contributed by atoms with Gasteiger partial charge in [0, 0.05) is 11.7 Å². The van der Waals surface area contributed by atoms with Gasteiger partial charge >= 0.3 is 11.8 Å². The number of carbonyl (C=O) groups excluding carboxylic acids is 3. The van der Waals surface area contributed by atoms with Crippen LogP contribution in [-0.2, 0) is 14.4 Å². The highest BCUT2D eigenvalue weighted by Crippen LogP contribution is 2.27. The average molecular weight is 426 g/mol. The number of carbonyl (C=O) groups is 3. The summed E-state index contributed by atoms with van der Waals surface area (Å²) in [7, 11) is 1.47. The Bertz CT molecular complexity index is 931. The zero-order valence-electron chi connectivity index (χ0n) is 17.7. The van der Waals surface area contributed by atoms with Gasteiger partial charge in [-0.1, -0.05) is 25.1 Å². The first-order chi connectivity index (χ1) is 14.9. The van der Waals surface area contributed by atoms with Crippen molar-refractivity contribution in [1.29, 1.82) is 0 Å². The van der Waals surface area contributed by atoms with E-state index in [1.165, 1.54) is 13.3 Å². The van der Waals surface area contributed by atoms with Gasteiger partial charge in [-0.25, -0.2) is 5.43 Å². The third kappa shape index (κ3) is 7.81. The molecule has 0 unspecified atom stereocenters. The lowest BCUT2D eigenvalue weighted by molar-refractivity contribution is -0.139. The smallest absolute Gasteiger partial charge is 0.329 e. The number of anilines is 1. The molecule has 2 rings (SSSR count). The van der Waals surface area contributed by atoms with E-state index >= 15 is 0 Å². The lowest BCUT2D eigenvalue weighted by Gasteiger charge is -2.11. The SMILES string of the molecule is CC[C@H](C)NC(=O)C(=O)N/N=C\c1ccc(OCC(=O)Nc2ccccc2)c(OC)c1. The minimum absolute atomic E-state index is 0.103. The summed E-state index contributed by atoms with van der Waals surface area (Å²) in [5, 5.41) is 9.05. The molecular weight excluding hydrogens is 400 g/mol. The van der Waals surface area contributed by atoms with Crippen LogP contribution in [0.15, 0.2) is 53.6 Å². The molecule has 2 aromatic carbocycles. The number of amides is 3. The molecule has 1 atom stereocenters. The number of ether oxygens (including phenoxy) is 2. The molecule has 0 bridgehead atoms. The summed E-state index contributed by atoms with van der Waals surface area (Å²) in [5.74, 6) is -1.15. The summed E-state index contributed by atoms with van der Waals surface area (Å²) < 4.78 is 10.8. The van der Waals surface area contributed by atoms with E-state index in [4.69, 9.17) is 9.47 Å². The molecule has 3 amide bonds. The van der Waals surface area contributed by atoms with Gasteiger partial charge in [0.2, 0.25) is 0 Å². The van der Waals surface area contributed by atoms with Crippen LogP contribution in [0.2, 0.25) is 0 Å². The molecular formula is C22H26N4O5. The van der Waals surface area contributed by atoms with Crippen molar-refractivity contribution in [2.75, 3.05) is 19.0 Å². The van der Waals surface area contributed by atoms with Crippen molar-refractivity contribution in [3.63, 3.8) is 0 Å². The minimum Gasteiger partial charge on any atom is -0.493 e. The van der Waals surface area contributed by atoms with Gasteiger partial charge in [-0.05, 0) is 49.2 Å². The molecule has 9 nitrogen and oxygen atoms in total. The monoisotopic (exact) mass is 426 g/mol. The molecule has 9 heteroatoms. The van der Waals surface area contributed by atoms with Crippen LogP contribution in [0.3, 0.4) is 0 Å². The Labute approximate surface area is 180 Å². The number of rotatable bonds is 9. The van der Waals surface area contributed by atoms with Crippen LogP contribution in [0.1, 0.15) is 25.8 Å². The number of hydrazone groups is 1. The summed E-state index contributed by atoms with van der Waals surface area (Å²) in [4.78, 5) is 35.4. The number of nitrogens with one attached hydrogen (secondary N) is 3. The lowest BCUT2D eigenvalue weighted by Crippen LogP contribution is -2.41. The van der Waals surface area contributed by atoms with Gasteiger partial charge in [-0.3, -0.25) is 14.4 Å². The van der Waals surface area contributed by atoms with Crippen molar-refractivity contribution < 1.29 is 23.9 Å². The molecule has 0 aromatic heterocycles. The van der Waals surface area contributed by atoms with Crippen molar-refractivity contribution in [2.24, 2.45) is 5.10 Å². The standard InChI is InChI=1S/C22H26N4O5/c1-4-15(2)24-21(28)22(29)26-23-13-16-10-11-18(19(12-16)30-3)31-14-20(27)25-17-8-6-5-7-9-17/h5-13,15H,4,14H2,1-3H3,(H,24,28)(H,25,27)(H,26,29)/b23-13-/t15-/m0/s1. The first-order valence-corrected chi connectivity index (χ1v) is 9.72. The average Bonchev–Trinajstić information content (AvgIpc) is 2.78. The number of methoxy groups -OCH3 is 1.